The van der Waals surface area contributed by atoms with Crippen LogP contribution in [0.1, 0.15) is 29.9 Å². The van der Waals surface area contributed by atoms with Gasteiger partial charge in [0, 0.05) is 6.54 Å². The first-order chi connectivity index (χ1) is 10.6. The fourth-order valence-electron chi connectivity index (χ4n) is 3.15. The third-order valence-corrected chi connectivity index (χ3v) is 6.05. The minimum absolute atomic E-state index is 0.339. The molecule has 0 heterocycles. The van der Waals surface area contributed by atoms with Crippen molar-refractivity contribution in [1.29, 1.82) is 0 Å². The molecule has 4 nitrogen and oxygen atoms in total. The number of rotatable bonds is 4. The molecule has 1 atom stereocenters. The Morgan fingerprint density at radius 1 is 1.09 bits per heavy atom. The van der Waals surface area contributed by atoms with Crippen molar-refractivity contribution in [2.45, 2.75) is 35.0 Å². The molecule has 22 heavy (non-hydrogen) atoms. The normalized spacial score (nSPS) is 18.0. The van der Waals surface area contributed by atoms with Crippen LogP contribution < -0.4 is 11.3 Å². The van der Waals surface area contributed by atoms with Crippen LogP contribution in [0.25, 0.3) is 0 Å². The smallest absolute Gasteiger partial charge is 0.206 e. The maximum absolute atomic E-state index is 12.7. The van der Waals surface area contributed by atoms with E-state index in [0.717, 1.165) is 31.4 Å². The summed E-state index contributed by atoms with van der Waals surface area (Å²) in [4.78, 5) is 0.713. The van der Waals surface area contributed by atoms with Crippen molar-refractivity contribution in [1.82, 2.24) is 5.43 Å². The number of fused-ring (bicyclic) bond motifs is 1. The minimum atomic E-state index is -3.44. The summed E-state index contributed by atoms with van der Waals surface area (Å²) in [7, 11) is -3.44. The van der Waals surface area contributed by atoms with Gasteiger partial charge in [0.2, 0.25) is 9.84 Å². The predicted octanol–water partition coefficient (Wildman–Crippen LogP) is 2.40. The highest BCUT2D eigenvalue weighted by Crippen LogP contribution is 2.33. The Labute approximate surface area is 131 Å². The van der Waals surface area contributed by atoms with Crippen molar-refractivity contribution in [3.8, 4) is 0 Å². The lowest BCUT2D eigenvalue weighted by atomic mass is 9.83. The first-order valence-corrected chi connectivity index (χ1v) is 8.97. The van der Waals surface area contributed by atoms with Gasteiger partial charge in [-0.15, -0.1) is 0 Å². The highest BCUT2D eigenvalue weighted by Gasteiger charge is 2.23. The molecule has 2 aromatic carbocycles. The number of hydrogen-bond donors (Lipinski definition) is 2. The molecule has 3 N–H and O–H groups in total. The second-order valence-corrected chi connectivity index (χ2v) is 7.62. The van der Waals surface area contributed by atoms with E-state index in [4.69, 9.17) is 5.84 Å². The molecule has 3 rings (SSSR count). The van der Waals surface area contributed by atoms with Crippen LogP contribution in [-0.2, 0) is 16.3 Å². The van der Waals surface area contributed by atoms with Crippen LogP contribution in [0.3, 0.4) is 0 Å². The Kier molecular flexibility index (Phi) is 4.29. The van der Waals surface area contributed by atoms with Crippen LogP contribution in [0, 0.1) is 0 Å². The number of nitrogens with one attached hydrogen (secondary N) is 1. The molecule has 1 aliphatic rings. The van der Waals surface area contributed by atoms with Crippen LogP contribution in [-0.4, -0.2) is 15.0 Å². The molecule has 0 saturated carbocycles. The zero-order valence-corrected chi connectivity index (χ0v) is 13.1. The lowest BCUT2D eigenvalue weighted by Gasteiger charge is -2.25. The van der Waals surface area contributed by atoms with Gasteiger partial charge in [0.15, 0.2) is 0 Å². The molecule has 0 radical (unpaired) electrons. The van der Waals surface area contributed by atoms with Gasteiger partial charge in [0.1, 0.15) is 0 Å². The fraction of sp³-hybridized carbons (Fsp3) is 0.294. The van der Waals surface area contributed by atoms with Crippen molar-refractivity contribution in [2.24, 2.45) is 5.84 Å². The number of benzene rings is 2. The van der Waals surface area contributed by atoms with Crippen molar-refractivity contribution in [3.05, 3.63) is 59.7 Å². The van der Waals surface area contributed by atoms with Gasteiger partial charge in [-0.1, -0.05) is 24.3 Å². The highest BCUT2D eigenvalue weighted by atomic mass is 32.2. The Morgan fingerprint density at radius 2 is 1.86 bits per heavy atom. The molecule has 0 saturated heterocycles. The van der Waals surface area contributed by atoms with E-state index in [9.17, 15) is 8.42 Å². The quantitative estimate of drug-likeness (QED) is 0.671. The SMILES string of the molecule is NNC[C@@H]1CCCc2cc(S(=O)(=O)c3ccccc3)ccc21. The molecule has 1 aliphatic carbocycles. The largest absolute Gasteiger partial charge is 0.271 e. The van der Waals surface area contributed by atoms with Gasteiger partial charge in [0.05, 0.1) is 9.79 Å². The maximum atomic E-state index is 12.7. The summed E-state index contributed by atoms with van der Waals surface area (Å²) in [5.74, 6) is 5.81. The Balaban J connectivity index is 2.01. The van der Waals surface area contributed by atoms with Crippen LogP contribution in [0.2, 0.25) is 0 Å². The third kappa shape index (κ3) is 2.79. The summed E-state index contributed by atoms with van der Waals surface area (Å²) in [6.07, 6.45) is 3.07. The average Bonchev–Trinajstić information content (AvgIpc) is 2.56. The van der Waals surface area contributed by atoms with E-state index >= 15 is 0 Å². The van der Waals surface area contributed by atoms with Gasteiger partial charge in [-0.05, 0) is 60.6 Å². The third-order valence-electron chi connectivity index (χ3n) is 4.28. The standard InChI is InChI=1S/C17H20N2O2S/c18-19-12-14-6-4-5-13-11-16(9-10-17(13)14)22(20,21)15-7-2-1-3-8-15/h1-3,7-11,14,19H,4-6,12,18H2/t14-/m0/s1. The van der Waals surface area contributed by atoms with E-state index in [1.165, 1.54) is 5.56 Å². The Hall–Kier alpha value is -1.69. The lowest BCUT2D eigenvalue weighted by Crippen LogP contribution is -2.29. The molecule has 0 aliphatic heterocycles. The van der Waals surface area contributed by atoms with Crippen molar-refractivity contribution in [3.63, 3.8) is 0 Å². The molecular weight excluding hydrogens is 296 g/mol. The van der Waals surface area contributed by atoms with Gasteiger partial charge >= 0.3 is 0 Å². The van der Waals surface area contributed by atoms with E-state index in [2.05, 4.69) is 5.43 Å². The number of nitrogens with two attached hydrogens (primary N) is 1. The molecule has 5 heteroatoms. The van der Waals surface area contributed by atoms with Gasteiger partial charge in [-0.2, -0.15) is 0 Å². The van der Waals surface area contributed by atoms with E-state index in [1.54, 1.807) is 30.3 Å². The predicted molar refractivity (Wildman–Crippen MR) is 86.2 cm³/mol. The fourth-order valence-corrected chi connectivity index (χ4v) is 4.48. The highest BCUT2D eigenvalue weighted by molar-refractivity contribution is 7.91. The summed E-state index contributed by atoms with van der Waals surface area (Å²) in [6.45, 7) is 0.720. The first kappa shape index (κ1) is 15.2. The lowest BCUT2D eigenvalue weighted by molar-refractivity contribution is 0.514. The number of hydrazine groups is 1. The summed E-state index contributed by atoms with van der Waals surface area (Å²) in [6, 6.07) is 14.1. The molecule has 0 spiro atoms. The van der Waals surface area contributed by atoms with Gasteiger partial charge < -0.3 is 0 Å². The summed E-state index contributed by atoms with van der Waals surface area (Å²) in [5, 5.41) is 0. The average molecular weight is 316 g/mol. The summed E-state index contributed by atoms with van der Waals surface area (Å²) < 4.78 is 25.4. The number of hydrogen-bond acceptors (Lipinski definition) is 4. The first-order valence-electron chi connectivity index (χ1n) is 7.49. The molecule has 0 fully saturated rings. The van der Waals surface area contributed by atoms with E-state index < -0.39 is 9.84 Å². The molecule has 0 aromatic heterocycles. The monoisotopic (exact) mass is 316 g/mol. The van der Waals surface area contributed by atoms with Crippen molar-refractivity contribution in [2.75, 3.05) is 6.54 Å². The molecule has 116 valence electrons. The zero-order chi connectivity index (χ0) is 15.6. The second kappa shape index (κ2) is 6.20. The van der Waals surface area contributed by atoms with Crippen LogP contribution in [0.15, 0.2) is 58.3 Å². The maximum Gasteiger partial charge on any atom is 0.206 e. The van der Waals surface area contributed by atoms with E-state index in [1.807, 2.05) is 18.2 Å². The van der Waals surface area contributed by atoms with Crippen molar-refractivity contribution < 1.29 is 8.42 Å². The molecule has 0 unspecified atom stereocenters. The number of sulfone groups is 1. The van der Waals surface area contributed by atoms with Gasteiger partial charge in [-0.3, -0.25) is 11.3 Å². The van der Waals surface area contributed by atoms with Crippen LogP contribution >= 0.6 is 0 Å². The Morgan fingerprint density at radius 3 is 2.59 bits per heavy atom. The van der Waals surface area contributed by atoms with E-state index in [0.29, 0.717) is 15.7 Å². The number of aryl methyl sites for hydroxylation is 1. The summed E-state index contributed by atoms with van der Waals surface area (Å²) >= 11 is 0. The molecule has 2 aromatic rings. The molecular formula is C17H20N2O2S. The molecule has 0 bridgehead atoms. The van der Waals surface area contributed by atoms with Crippen molar-refractivity contribution >= 4 is 9.84 Å². The molecule has 0 amide bonds. The van der Waals surface area contributed by atoms with Crippen LogP contribution in [0.5, 0.6) is 0 Å². The van der Waals surface area contributed by atoms with E-state index in [-0.39, 0.29) is 0 Å². The van der Waals surface area contributed by atoms with Gasteiger partial charge in [0.25, 0.3) is 0 Å². The Bertz CT molecular complexity index is 757. The zero-order valence-electron chi connectivity index (χ0n) is 12.3. The minimum Gasteiger partial charge on any atom is -0.271 e. The topological polar surface area (TPSA) is 72.2 Å². The van der Waals surface area contributed by atoms with Gasteiger partial charge in [-0.25, -0.2) is 8.42 Å². The summed E-state index contributed by atoms with van der Waals surface area (Å²) in [5.41, 5.74) is 5.08. The second-order valence-electron chi connectivity index (χ2n) is 5.67. The van der Waals surface area contributed by atoms with Crippen LogP contribution in [0.4, 0.5) is 0 Å².